The first-order valence-electron chi connectivity index (χ1n) is 5.54. The molecule has 1 aromatic heterocycles. The SMILES string of the molecule is COC(C)Cn1cncc1C1CCNC1. The van der Waals surface area contributed by atoms with Gasteiger partial charge in [0.2, 0.25) is 0 Å². The summed E-state index contributed by atoms with van der Waals surface area (Å²) in [6, 6.07) is 0. The molecular formula is C11H19N3O. The van der Waals surface area contributed by atoms with Crippen LogP contribution in [0.1, 0.15) is 25.0 Å². The minimum absolute atomic E-state index is 0.243. The van der Waals surface area contributed by atoms with Crippen LogP contribution in [0.2, 0.25) is 0 Å². The molecule has 2 heterocycles. The van der Waals surface area contributed by atoms with Gasteiger partial charge in [0.1, 0.15) is 0 Å². The van der Waals surface area contributed by atoms with Gasteiger partial charge in [-0.2, -0.15) is 0 Å². The average Bonchev–Trinajstić information content (AvgIpc) is 2.86. The van der Waals surface area contributed by atoms with Crippen molar-refractivity contribution in [3.05, 3.63) is 18.2 Å². The Morgan fingerprint density at radius 2 is 2.60 bits per heavy atom. The fourth-order valence-corrected chi connectivity index (χ4v) is 2.08. The fourth-order valence-electron chi connectivity index (χ4n) is 2.08. The summed E-state index contributed by atoms with van der Waals surface area (Å²) in [4.78, 5) is 4.23. The average molecular weight is 209 g/mol. The topological polar surface area (TPSA) is 39.1 Å². The normalized spacial score (nSPS) is 23.2. The molecule has 1 N–H and O–H groups in total. The molecule has 84 valence electrons. The maximum atomic E-state index is 5.28. The minimum Gasteiger partial charge on any atom is -0.380 e. The van der Waals surface area contributed by atoms with Crippen molar-refractivity contribution in [2.75, 3.05) is 20.2 Å². The molecule has 2 unspecified atom stereocenters. The van der Waals surface area contributed by atoms with Gasteiger partial charge >= 0.3 is 0 Å². The maximum Gasteiger partial charge on any atom is 0.0949 e. The van der Waals surface area contributed by atoms with E-state index in [0.717, 1.165) is 19.6 Å². The Balaban J connectivity index is 2.07. The van der Waals surface area contributed by atoms with E-state index in [1.807, 2.05) is 12.5 Å². The van der Waals surface area contributed by atoms with Gasteiger partial charge in [-0.15, -0.1) is 0 Å². The molecule has 0 amide bonds. The van der Waals surface area contributed by atoms with Gasteiger partial charge < -0.3 is 14.6 Å². The highest BCUT2D eigenvalue weighted by atomic mass is 16.5. The van der Waals surface area contributed by atoms with E-state index in [9.17, 15) is 0 Å². The van der Waals surface area contributed by atoms with E-state index < -0.39 is 0 Å². The molecule has 15 heavy (non-hydrogen) atoms. The van der Waals surface area contributed by atoms with Crippen LogP contribution in [-0.2, 0) is 11.3 Å². The standard InChI is InChI=1S/C11H19N3O/c1-9(15-2)7-14-8-13-6-11(14)10-3-4-12-5-10/h6,8-10,12H,3-5,7H2,1-2H3. The zero-order chi connectivity index (χ0) is 10.7. The Labute approximate surface area is 90.6 Å². The van der Waals surface area contributed by atoms with Gasteiger partial charge in [0.15, 0.2) is 0 Å². The van der Waals surface area contributed by atoms with E-state index in [4.69, 9.17) is 4.74 Å². The second kappa shape index (κ2) is 4.77. The molecule has 0 radical (unpaired) electrons. The first-order valence-corrected chi connectivity index (χ1v) is 5.54. The lowest BCUT2D eigenvalue weighted by Gasteiger charge is -2.16. The second-order valence-electron chi connectivity index (χ2n) is 4.21. The van der Waals surface area contributed by atoms with Gasteiger partial charge in [-0.05, 0) is 19.9 Å². The third-order valence-corrected chi connectivity index (χ3v) is 3.08. The third-order valence-electron chi connectivity index (χ3n) is 3.08. The van der Waals surface area contributed by atoms with Crippen molar-refractivity contribution >= 4 is 0 Å². The van der Waals surface area contributed by atoms with Gasteiger partial charge in [-0.1, -0.05) is 0 Å². The van der Waals surface area contributed by atoms with Crippen LogP contribution in [0.15, 0.2) is 12.5 Å². The quantitative estimate of drug-likeness (QED) is 0.804. The van der Waals surface area contributed by atoms with Gasteiger partial charge in [0.25, 0.3) is 0 Å². The Kier molecular flexibility index (Phi) is 3.38. The Morgan fingerprint density at radius 3 is 3.27 bits per heavy atom. The number of nitrogens with zero attached hydrogens (tertiary/aromatic N) is 2. The summed E-state index contributed by atoms with van der Waals surface area (Å²) in [5, 5.41) is 3.38. The zero-order valence-electron chi connectivity index (χ0n) is 9.44. The summed E-state index contributed by atoms with van der Waals surface area (Å²) in [6.07, 6.45) is 5.35. The molecule has 4 nitrogen and oxygen atoms in total. The number of methoxy groups -OCH3 is 1. The highest BCUT2D eigenvalue weighted by molar-refractivity contribution is 5.09. The van der Waals surface area contributed by atoms with Crippen LogP contribution in [0.5, 0.6) is 0 Å². The number of imidazole rings is 1. The van der Waals surface area contributed by atoms with Crippen molar-refractivity contribution < 1.29 is 4.74 Å². The zero-order valence-corrected chi connectivity index (χ0v) is 9.44. The first kappa shape index (κ1) is 10.6. The van der Waals surface area contributed by atoms with Gasteiger partial charge in [-0.25, -0.2) is 4.98 Å². The van der Waals surface area contributed by atoms with Crippen molar-refractivity contribution in [1.29, 1.82) is 0 Å². The van der Waals surface area contributed by atoms with Crippen LogP contribution >= 0.6 is 0 Å². The predicted octanol–water partition coefficient (Wildman–Crippen LogP) is 0.995. The second-order valence-corrected chi connectivity index (χ2v) is 4.21. The van der Waals surface area contributed by atoms with Crippen molar-refractivity contribution in [1.82, 2.24) is 14.9 Å². The summed E-state index contributed by atoms with van der Waals surface area (Å²) in [5.41, 5.74) is 1.34. The summed E-state index contributed by atoms with van der Waals surface area (Å²) in [6.45, 7) is 5.17. The molecule has 0 saturated carbocycles. The molecule has 0 aromatic carbocycles. The van der Waals surface area contributed by atoms with Gasteiger partial charge in [-0.3, -0.25) is 0 Å². The smallest absolute Gasteiger partial charge is 0.0949 e. The van der Waals surface area contributed by atoms with Crippen LogP contribution in [0.25, 0.3) is 0 Å². The molecule has 1 aliphatic heterocycles. The van der Waals surface area contributed by atoms with Crippen LogP contribution in [0, 0.1) is 0 Å². The lowest BCUT2D eigenvalue weighted by Crippen LogP contribution is -2.18. The number of hydrogen-bond acceptors (Lipinski definition) is 3. The van der Waals surface area contributed by atoms with Crippen molar-refractivity contribution in [3.63, 3.8) is 0 Å². The third kappa shape index (κ3) is 2.38. The van der Waals surface area contributed by atoms with E-state index in [2.05, 4.69) is 21.8 Å². The maximum absolute atomic E-state index is 5.28. The first-order chi connectivity index (χ1) is 7.31. The molecule has 1 saturated heterocycles. The summed E-state index contributed by atoms with van der Waals surface area (Å²) >= 11 is 0. The van der Waals surface area contributed by atoms with Gasteiger partial charge in [0.05, 0.1) is 12.4 Å². The van der Waals surface area contributed by atoms with Crippen LogP contribution in [0.3, 0.4) is 0 Å². The molecule has 2 rings (SSSR count). The number of aromatic nitrogens is 2. The predicted molar refractivity (Wildman–Crippen MR) is 58.9 cm³/mol. The minimum atomic E-state index is 0.243. The number of ether oxygens (including phenoxy) is 1. The molecule has 2 atom stereocenters. The van der Waals surface area contributed by atoms with E-state index in [1.54, 1.807) is 7.11 Å². The lowest BCUT2D eigenvalue weighted by atomic mass is 10.1. The van der Waals surface area contributed by atoms with E-state index in [1.165, 1.54) is 12.1 Å². The Morgan fingerprint density at radius 1 is 1.73 bits per heavy atom. The van der Waals surface area contributed by atoms with Crippen molar-refractivity contribution in [2.24, 2.45) is 0 Å². The lowest BCUT2D eigenvalue weighted by molar-refractivity contribution is 0.102. The number of hydrogen-bond donors (Lipinski definition) is 1. The Hall–Kier alpha value is -0.870. The van der Waals surface area contributed by atoms with E-state index in [0.29, 0.717) is 5.92 Å². The summed E-state index contributed by atoms with van der Waals surface area (Å²) < 4.78 is 7.49. The monoisotopic (exact) mass is 209 g/mol. The molecule has 4 heteroatoms. The highest BCUT2D eigenvalue weighted by Gasteiger charge is 2.20. The molecule has 0 bridgehead atoms. The van der Waals surface area contributed by atoms with Crippen LogP contribution < -0.4 is 5.32 Å². The number of rotatable bonds is 4. The molecular weight excluding hydrogens is 190 g/mol. The molecule has 1 aliphatic rings. The molecule has 0 aliphatic carbocycles. The molecule has 1 aromatic rings. The highest BCUT2D eigenvalue weighted by Crippen LogP contribution is 2.22. The molecule has 1 fully saturated rings. The summed E-state index contributed by atoms with van der Waals surface area (Å²) in [7, 11) is 1.75. The largest absolute Gasteiger partial charge is 0.380 e. The Bertz CT molecular complexity index is 305. The van der Waals surface area contributed by atoms with Crippen molar-refractivity contribution in [2.45, 2.75) is 31.9 Å². The van der Waals surface area contributed by atoms with Crippen LogP contribution in [0.4, 0.5) is 0 Å². The molecule has 0 spiro atoms. The fraction of sp³-hybridized carbons (Fsp3) is 0.727. The number of nitrogens with one attached hydrogen (secondary N) is 1. The van der Waals surface area contributed by atoms with Gasteiger partial charge in [0, 0.05) is 38.0 Å². The van der Waals surface area contributed by atoms with E-state index in [-0.39, 0.29) is 6.10 Å². The van der Waals surface area contributed by atoms with Crippen LogP contribution in [-0.4, -0.2) is 35.9 Å². The summed E-state index contributed by atoms with van der Waals surface area (Å²) in [5.74, 6) is 0.622. The van der Waals surface area contributed by atoms with E-state index >= 15 is 0 Å². The van der Waals surface area contributed by atoms with Crippen molar-refractivity contribution in [3.8, 4) is 0 Å².